The molecule has 2 aromatic rings. The second-order valence-electron chi connectivity index (χ2n) is 3.79. The molecule has 0 radical (unpaired) electrons. The number of thiocarbonyl (C=S) groups is 1. The van der Waals surface area contributed by atoms with Gasteiger partial charge in [-0.1, -0.05) is 23.7 Å². The maximum Gasteiger partial charge on any atom is 0.186 e. The monoisotopic (exact) mass is 293 g/mol. The summed E-state index contributed by atoms with van der Waals surface area (Å²) in [6.45, 7) is 0. The summed E-state index contributed by atoms with van der Waals surface area (Å²) >= 11 is 10.9. The molecular weight excluding hydrogens is 282 g/mol. The Hall–Kier alpha value is -1.85. The molecule has 1 heterocycles. The average Bonchev–Trinajstić information content (AvgIpc) is 2.85. The minimum atomic E-state index is 0.189. The molecule has 0 amide bonds. The molecule has 19 heavy (non-hydrogen) atoms. The first kappa shape index (κ1) is 13.6. The number of rotatable bonds is 3. The van der Waals surface area contributed by atoms with E-state index in [2.05, 4.69) is 5.10 Å². The summed E-state index contributed by atoms with van der Waals surface area (Å²) in [5.74, 6) is 1.28. The third-order valence-electron chi connectivity index (χ3n) is 2.44. The molecule has 0 saturated carbocycles. The number of nitrogens with zero attached hydrogens (tertiary/aromatic N) is 2. The van der Waals surface area contributed by atoms with Crippen molar-refractivity contribution in [3.63, 3.8) is 0 Å². The first-order chi connectivity index (χ1) is 9.08. The fraction of sp³-hybridized carbons (Fsp3) is 0.0769. The van der Waals surface area contributed by atoms with Crippen LogP contribution in [0.15, 0.2) is 45.9 Å². The van der Waals surface area contributed by atoms with E-state index < -0.39 is 0 Å². The van der Waals surface area contributed by atoms with E-state index in [9.17, 15) is 0 Å². The summed E-state index contributed by atoms with van der Waals surface area (Å²) in [7, 11) is 1.66. The van der Waals surface area contributed by atoms with Crippen molar-refractivity contribution in [3.8, 4) is 11.3 Å². The summed E-state index contributed by atoms with van der Waals surface area (Å²) in [6, 6.07) is 11.1. The van der Waals surface area contributed by atoms with Gasteiger partial charge in [-0.15, -0.1) is 0 Å². The lowest BCUT2D eigenvalue weighted by atomic mass is 10.2. The van der Waals surface area contributed by atoms with Gasteiger partial charge in [0.05, 0.1) is 11.2 Å². The lowest BCUT2D eigenvalue weighted by Crippen LogP contribution is -2.26. The zero-order valence-electron chi connectivity index (χ0n) is 10.2. The van der Waals surface area contributed by atoms with Crippen molar-refractivity contribution >= 4 is 35.1 Å². The smallest absolute Gasteiger partial charge is 0.186 e. The zero-order valence-corrected chi connectivity index (χ0v) is 11.8. The Morgan fingerprint density at radius 3 is 2.79 bits per heavy atom. The minimum absolute atomic E-state index is 0.189. The Morgan fingerprint density at radius 1 is 1.37 bits per heavy atom. The number of hydrogen-bond donors (Lipinski definition) is 1. The van der Waals surface area contributed by atoms with Crippen LogP contribution in [0.25, 0.3) is 11.3 Å². The largest absolute Gasteiger partial charge is 0.455 e. The molecule has 4 nitrogen and oxygen atoms in total. The maximum absolute atomic E-state index is 6.10. The van der Waals surface area contributed by atoms with Gasteiger partial charge in [0.2, 0.25) is 0 Å². The Bertz CT molecular complexity index is 624. The van der Waals surface area contributed by atoms with E-state index in [-0.39, 0.29) is 5.11 Å². The number of hydrogen-bond acceptors (Lipinski definition) is 3. The maximum atomic E-state index is 6.10. The second kappa shape index (κ2) is 5.86. The van der Waals surface area contributed by atoms with E-state index in [4.69, 9.17) is 34.0 Å². The first-order valence-corrected chi connectivity index (χ1v) is 6.28. The molecule has 2 rings (SSSR count). The molecule has 6 heteroatoms. The molecule has 0 aliphatic rings. The Morgan fingerprint density at radius 2 is 2.11 bits per heavy atom. The van der Waals surface area contributed by atoms with Crippen LogP contribution in [0.3, 0.4) is 0 Å². The van der Waals surface area contributed by atoms with Gasteiger partial charge < -0.3 is 10.2 Å². The SMILES string of the molecule is CN(N=Cc1ccc(-c2ccccc2Cl)o1)C(N)=S. The standard InChI is InChI=1S/C13H12ClN3OS/c1-17(13(15)19)16-8-9-6-7-12(18-9)10-4-2-3-5-11(10)14/h2-8H,1H3,(H2,15,19). The molecule has 2 N–H and O–H groups in total. The van der Waals surface area contributed by atoms with Crippen LogP contribution in [-0.2, 0) is 0 Å². The Kier molecular flexibility index (Phi) is 4.19. The summed E-state index contributed by atoms with van der Waals surface area (Å²) in [4.78, 5) is 0. The number of benzene rings is 1. The van der Waals surface area contributed by atoms with Crippen LogP contribution in [0, 0.1) is 0 Å². The molecule has 0 saturated heterocycles. The summed E-state index contributed by atoms with van der Waals surface area (Å²) in [5.41, 5.74) is 6.25. The summed E-state index contributed by atoms with van der Waals surface area (Å²) in [5, 5.41) is 6.25. The van der Waals surface area contributed by atoms with Gasteiger partial charge in [0.25, 0.3) is 0 Å². The molecule has 0 fully saturated rings. The van der Waals surface area contributed by atoms with E-state index in [1.165, 1.54) is 5.01 Å². The Balaban J connectivity index is 2.21. The molecule has 0 unspecified atom stereocenters. The van der Waals surface area contributed by atoms with Crippen LogP contribution in [-0.4, -0.2) is 23.4 Å². The molecule has 0 spiro atoms. The fourth-order valence-corrected chi connectivity index (χ4v) is 1.70. The molecule has 1 aromatic carbocycles. The molecule has 1 aromatic heterocycles. The molecular formula is C13H12ClN3OS. The lowest BCUT2D eigenvalue weighted by Gasteiger charge is -2.07. The highest BCUT2D eigenvalue weighted by Crippen LogP contribution is 2.28. The highest BCUT2D eigenvalue weighted by atomic mass is 35.5. The van der Waals surface area contributed by atoms with Crippen LogP contribution >= 0.6 is 23.8 Å². The third-order valence-corrected chi connectivity index (χ3v) is 3.04. The van der Waals surface area contributed by atoms with Crippen LogP contribution in [0.1, 0.15) is 5.76 Å². The zero-order chi connectivity index (χ0) is 13.8. The summed E-state index contributed by atoms with van der Waals surface area (Å²) in [6.07, 6.45) is 1.54. The minimum Gasteiger partial charge on any atom is -0.455 e. The van der Waals surface area contributed by atoms with Crippen molar-refractivity contribution in [2.75, 3.05) is 7.05 Å². The number of nitrogens with two attached hydrogens (primary N) is 1. The van der Waals surface area contributed by atoms with Crippen molar-refractivity contribution in [3.05, 3.63) is 47.2 Å². The normalized spacial score (nSPS) is 10.8. The van der Waals surface area contributed by atoms with Crippen molar-refractivity contribution in [2.24, 2.45) is 10.8 Å². The average molecular weight is 294 g/mol. The van der Waals surface area contributed by atoms with E-state index in [0.29, 0.717) is 16.5 Å². The van der Waals surface area contributed by atoms with Gasteiger partial charge in [-0.25, -0.2) is 5.01 Å². The predicted molar refractivity (Wildman–Crippen MR) is 81.3 cm³/mol. The van der Waals surface area contributed by atoms with Crippen molar-refractivity contribution < 1.29 is 4.42 Å². The van der Waals surface area contributed by atoms with Crippen molar-refractivity contribution in [1.82, 2.24) is 5.01 Å². The molecule has 0 aliphatic carbocycles. The van der Waals surface area contributed by atoms with Gasteiger partial charge in [0.15, 0.2) is 5.11 Å². The topological polar surface area (TPSA) is 54.8 Å². The summed E-state index contributed by atoms with van der Waals surface area (Å²) < 4.78 is 5.64. The fourth-order valence-electron chi connectivity index (χ4n) is 1.43. The highest BCUT2D eigenvalue weighted by molar-refractivity contribution is 7.80. The highest BCUT2D eigenvalue weighted by Gasteiger charge is 2.07. The number of halogens is 1. The number of furan rings is 1. The Labute approximate surface area is 121 Å². The third kappa shape index (κ3) is 3.33. The first-order valence-electron chi connectivity index (χ1n) is 5.50. The van der Waals surface area contributed by atoms with Crippen molar-refractivity contribution in [1.29, 1.82) is 0 Å². The van der Waals surface area contributed by atoms with Crippen LogP contribution < -0.4 is 5.73 Å². The van der Waals surface area contributed by atoms with Gasteiger partial charge >= 0.3 is 0 Å². The van der Waals surface area contributed by atoms with Gasteiger partial charge in [0.1, 0.15) is 11.5 Å². The number of hydrazone groups is 1. The van der Waals surface area contributed by atoms with Gasteiger partial charge in [-0.05, 0) is 36.5 Å². The molecule has 98 valence electrons. The lowest BCUT2D eigenvalue weighted by molar-refractivity contribution is 0.540. The van der Waals surface area contributed by atoms with Gasteiger partial charge in [0, 0.05) is 12.6 Å². The van der Waals surface area contributed by atoms with E-state index in [1.807, 2.05) is 30.3 Å². The van der Waals surface area contributed by atoms with Crippen LogP contribution in [0.2, 0.25) is 5.02 Å². The molecule has 0 bridgehead atoms. The van der Waals surface area contributed by atoms with Crippen molar-refractivity contribution in [2.45, 2.75) is 0 Å². The quantitative estimate of drug-likeness (QED) is 0.537. The van der Waals surface area contributed by atoms with Gasteiger partial charge in [-0.3, -0.25) is 0 Å². The van der Waals surface area contributed by atoms with Gasteiger partial charge in [-0.2, -0.15) is 5.10 Å². The van der Waals surface area contributed by atoms with E-state index in [1.54, 1.807) is 19.3 Å². The molecule has 0 aliphatic heterocycles. The van der Waals surface area contributed by atoms with E-state index >= 15 is 0 Å². The second-order valence-corrected chi connectivity index (χ2v) is 4.61. The van der Waals surface area contributed by atoms with E-state index in [0.717, 1.165) is 5.56 Å². The predicted octanol–water partition coefficient (Wildman–Crippen LogP) is 3.11. The van der Waals surface area contributed by atoms with Crippen LogP contribution in [0.5, 0.6) is 0 Å². The molecule has 0 atom stereocenters. The van der Waals surface area contributed by atoms with Crippen LogP contribution in [0.4, 0.5) is 0 Å².